The molecule has 33 heavy (non-hydrogen) atoms. The fourth-order valence-corrected chi connectivity index (χ4v) is 5.30. The third kappa shape index (κ3) is 3.09. The van der Waals surface area contributed by atoms with Crippen LogP contribution in [-0.2, 0) is 5.54 Å². The van der Waals surface area contributed by atoms with E-state index in [0.717, 1.165) is 38.3 Å². The van der Waals surface area contributed by atoms with Crippen molar-refractivity contribution in [2.45, 2.75) is 5.54 Å². The van der Waals surface area contributed by atoms with E-state index < -0.39 is 5.54 Å². The topological polar surface area (TPSA) is 43.6 Å². The fourth-order valence-electron chi connectivity index (χ4n) is 4.62. The monoisotopic (exact) mass is 444 g/mol. The molecule has 0 radical (unpaired) electrons. The Kier molecular flexibility index (Phi) is 4.82. The maximum Gasteiger partial charge on any atom is 0.160 e. The van der Waals surface area contributed by atoms with Crippen molar-refractivity contribution in [3.05, 3.63) is 138 Å². The lowest BCUT2D eigenvalue weighted by Gasteiger charge is -2.36. The van der Waals surface area contributed by atoms with Crippen LogP contribution in [0.3, 0.4) is 0 Å². The first kappa shape index (κ1) is 19.6. The molecule has 0 unspecified atom stereocenters. The van der Waals surface area contributed by atoms with Gasteiger partial charge in [-0.25, -0.2) is 14.6 Å². The van der Waals surface area contributed by atoms with Crippen LogP contribution >= 0.6 is 11.3 Å². The summed E-state index contributed by atoms with van der Waals surface area (Å²) < 4.78 is 2.07. The number of fused-ring (bicyclic) bond motifs is 1. The molecule has 3 aromatic heterocycles. The number of aromatic nitrogens is 4. The van der Waals surface area contributed by atoms with Gasteiger partial charge in [0.25, 0.3) is 0 Å². The summed E-state index contributed by atoms with van der Waals surface area (Å²) in [4.78, 5) is 9.37. The van der Waals surface area contributed by atoms with Crippen LogP contribution < -0.4 is 0 Å². The van der Waals surface area contributed by atoms with E-state index in [4.69, 9.17) is 10.1 Å². The van der Waals surface area contributed by atoms with Crippen LogP contribution in [0.25, 0.3) is 21.6 Å². The van der Waals surface area contributed by atoms with Gasteiger partial charge in [-0.05, 0) is 22.8 Å². The van der Waals surface area contributed by atoms with Crippen LogP contribution in [0.2, 0.25) is 0 Å². The molecule has 0 bridgehead atoms. The minimum Gasteiger partial charge on any atom is -0.245 e. The fraction of sp³-hybridized carbons (Fsp3) is 0.0357. The quantitative estimate of drug-likeness (QED) is 0.289. The summed E-state index contributed by atoms with van der Waals surface area (Å²) in [6, 6.07) is 33.6. The predicted molar refractivity (Wildman–Crippen MR) is 133 cm³/mol. The van der Waals surface area contributed by atoms with Gasteiger partial charge in [-0.3, -0.25) is 0 Å². The van der Waals surface area contributed by atoms with Crippen molar-refractivity contribution >= 4 is 22.4 Å². The Morgan fingerprint density at radius 3 is 1.73 bits per heavy atom. The third-order valence-corrected chi connectivity index (χ3v) is 6.83. The molecule has 0 spiro atoms. The van der Waals surface area contributed by atoms with Crippen molar-refractivity contribution in [2.24, 2.45) is 0 Å². The highest BCUT2D eigenvalue weighted by molar-refractivity contribution is 7.13. The summed E-state index contributed by atoms with van der Waals surface area (Å²) in [7, 11) is 0. The molecule has 0 aliphatic heterocycles. The lowest BCUT2D eigenvalue weighted by atomic mass is 9.77. The zero-order valence-electron chi connectivity index (χ0n) is 17.7. The number of pyridine rings is 1. The second-order valence-corrected chi connectivity index (χ2v) is 8.69. The Balaban J connectivity index is 1.75. The number of thiazole rings is 1. The second kappa shape index (κ2) is 8.11. The maximum absolute atomic E-state index is 5.00. The van der Waals surface area contributed by atoms with E-state index in [-0.39, 0.29) is 0 Å². The smallest absolute Gasteiger partial charge is 0.160 e. The Morgan fingerprint density at radius 1 is 0.636 bits per heavy atom. The first-order valence-corrected chi connectivity index (χ1v) is 11.7. The van der Waals surface area contributed by atoms with Crippen LogP contribution in [-0.4, -0.2) is 19.7 Å². The molecule has 0 atom stereocenters. The van der Waals surface area contributed by atoms with Crippen LogP contribution in [0.1, 0.15) is 16.7 Å². The first-order valence-electron chi connectivity index (χ1n) is 10.8. The number of benzene rings is 3. The molecule has 6 rings (SSSR count). The molecule has 0 amide bonds. The summed E-state index contributed by atoms with van der Waals surface area (Å²) in [5.41, 5.74) is 4.53. The summed E-state index contributed by atoms with van der Waals surface area (Å²) in [5, 5.41) is 8.94. The molecule has 0 aliphatic rings. The second-order valence-electron chi connectivity index (χ2n) is 7.80. The zero-order valence-corrected chi connectivity index (χ0v) is 18.6. The van der Waals surface area contributed by atoms with Gasteiger partial charge in [0.15, 0.2) is 5.65 Å². The highest BCUT2D eigenvalue weighted by Crippen LogP contribution is 2.42. The molecule has 158 valence electrons. The molecule has 4 nitrogen and oxygen atoms in total. The zero-order chi connectivity index (χ0) is 22.1. The van der Waals surface area contributed by atoms with E-state index in [1.54, 1.807) is 11.3 Å². The van der Waals surface area contributed by atoms with Crippen LogP contribution in [0.15, 0.2) is 121 Å². The lowest BCUT2D eigenvalue weighted by Crippen LogP contribution is -2.38. The maximum atomic E-state index is 5.00. The van der Waals surface area contributed by atoms with E-state index in [1.165, 1.54) is 0 Å². The van der Waals surface area contributed by atoms with Crippen molar-refractivity contribution in [3.8, 4) is 10.6 Å². The van der Waals surface area contributed by atoms with Crippen molar-refractivity contribution in [1.29, 1.82) is 0 Å². The van der Waals surface area contributed by atoms with Gasteiger partial charge in [0.1, 0.15) is 10.5 Å². The number of rotatable bonds is 5. The molecule has 3 heterocycles. The Hall–Kier alpha value is -4.09. The van der Waals surface area contributed by atoms with Crippen LogP contribution in [0, 0.1) is 0 Å². The summed E-state index contributed by atoms with van der Waals surface area (Å²) in [6.45, 7) is 0. The Labute approximate surface area is 195 Å². The largest absolute Gasteiger partial charge is 0.245 e. The molecule has 0 saturated carbocycles. The number of hydrogen-bond acceptors (Lipinski definition) is 4. The van der Waals surface area contributed by atoms with E-state index in [0.29, 0.717) is 0 Å². The summed E-state index contributed by atoms with van der Waals surface area (Å²) in [6.07, 6.45) is 5.60. The van der Waals surface area contributed by atoms with Gasteiger partial charge in [0, 0.05) is 28.7 Å². The van der Waals surface area contributed by atoms with Gasteiger partial charge in [-0.15, -0.1) is 11.3 Å². The molecule has 0 N–H and O–H groups in total. The molecular weight excluding hydrogens is 424 g/mol. The van der Waals surface area contributed by atoms with Gasteiger partial charge in [-0.2, -0.15) is 5.10 Å². The molecule has 3 aromatic carbocycles. The SMILES string of the molecule is c1ccc(C(c2ccccc2)(c2ccccc2)n2ncc3c(-c4nccs4)ccnc32)cc1. The van der Waals surface area contributed by atoms with Gasteiger partial charge in [0.05, 0.1) is 6.20 Å². The normalized spacial score (nSPS) is 11.6. The van der Waals surface area contributed by atoms with Crippen molar-refractivity contribution in [1.82, 2.24) is 19.7 Å². The van der Waals surface area contributed by atoms with Crippen molar-refractivity contribution < 1.29 is 0 Å². The Morgan fingerprint density at radius 2 is 1.21 bits per heavy atom. The first-order chi connectivity index (χ1) is 16.4. The van der Waals surface area contributed by atoms with Crippen LogP contribution in [0.5, 0.6) is 0 Å². The molecule has 6 aromatic rings. The standard InChI is InChI=1S/C28H20N4S/c1-4-10-21(11-5-1)28(22-12-6-2-7-13-22,23-14-8-3-9-15-23)32-26-25(20-31-32)24(16-17-29-26)27-30-18-19-33-27/h1-20H. The van der Waals surface area contributed by atoms with Crippen LogP contribution in [0.4, 0.5) is 0 Å². The predicted octanol–water partition coefficient (Wildman–Crippen LogP) is 6.40. The molecular formula is C28H20N4S. The molecule has 0 saturated heterocycles. The average Bonchev–Trinajstić information content (AvgIpc) is 3.58. The van der Waals surface area contributed by atoms with E-state index in [9.17, 15) is 0 Å². The average molecular weight is 445 g/mol. The van der Waals surface area contributed by atoms with Gasteiger partial charge >= 0.3 is 0 Å². The highest BCUT2D eigenvalue weighted by Gasteiger charge is 2.40. The van der Waals surface area contributed by atoms with Crippen molar-refractivity contribution in [3.63, 3.8) is 0 Å². The summed E-state index contributed by atoms with van der Waals surface area (Å²) in [5.74, 6) is 0. The lowest BCUT2D eigenvalue weighted by molar-refractivity contribution is 0.472. The van der Waals surface area contributed by atoms with Gasteiger partial charge < -0.3 is 0 Å². The minimum absolute atomic E-state index is 0.694. The van der Waals surface area contributed by atoms with E-state index >= 15 is 0 Å². The van der Waals surface area contributed by atoms with E-state index in [2.05, 4.69) is 82.5 Å². The number of hydrogen-bond donors (Lipinski definition) is 0. The third-order valence-electron chi connectivity index (χ3n) is 6.03. The number of nitrogens with zero attached hydrogens (tertiary/aromatic N) is 4. The van der Waals surface area contributed by atoms with Gasteiger partial charge in [0.2, 0.25) is 0 Å². The minimum atomic E-state index is -0.694. The van der Waals surface area contributed by atoms with E-state index in [1.807, 2.05) is 48.2 Å². The molecule has 0 fully saturated rings. The molecule has 5 heteroatoms. The highest BCUT2D eigenvalue weighted by atomic mass is 32.1. The summed E-state index contributed by atoms with van der Waals surface area (Å²) >= 11 is 1.62. The Bertz CT molecular complexity index is 1400. The van der Waals surface area contributed by atoms with Crippen molar-refractivity contribution in [2.75, 3.05) is 0 Å². The van der Waals surface area contributed by atoms with Gasteiger partial charge in [-0.1, -0.05) is 91.0 Å². The molecule has 0 aliphatic carbocycles.